The zero-order valence-electron chi connectivity index (χ0n) is 15.1. The molecule has 0 heterocycles. The molecule has 0 fully saturated rings. The zero-order valence-corrected chi connectivity index (χ0v) is 15.1. The summed E-state index contributed by atoms with van der Waals surface area (Å²) in [6.07, 6.45) is -0.375. The van der Waals surface area contributed by atoms with Crippen LogP contribution < -0.4 is 27.4 Å². The average Bonchev–Trinajstić information content (AvgIpc) is 2.54. The molecule has 0 radical (unpaired) electrons. The number of carbonyl (C=O) groups excluding carboxylic acids is 4. The highest BCUT2D eigenvalue weighted by Gasteiger charge is 2.24. The van der Waals surface area contributed by atoms with E-state index >= 15 is 0 Å². The third-order valence-corrected chi connectivity index (χ3v) is 3.51. The molecule has 0 saturated carbocycles. The molecule has 3 unspecified atom stereocenters. The van der Waals surface area contributed by atoms with Crippen LogP contribution in [0.15, 0.2) is 0 Å². The Bertz CT molecular complexity index is 551. The summed E-state index contributed by atoms with van der Waals surface area (Å²) in [6, 6.07) is -3.11. The average molecular weight is 373 g/mol. The number of nitrogens with two attached hydrogens (primary N) is 2. The van der Waals surface area contributed by atoms with Crippen LogP contribution >= 0.6 is 0 Å². The van der Waals surface area contributed by atoms with Gasteiger partial charge in [-0.05, 0) is 19.3 Å². The Kier molecular flexibility index (Phi) is 9.89. The molecular formula is C15H27N5O6. The van der Waals surface area contributed by atoms with E-state index in [4.69, 9.17) is 16.6 Å². The van der Waals surface area contributed by atoms with Gasteiger partial charge in [0, 0.05) is 6.42 Å². The van der Waals surface area contributed by atoms with Crippen LogP contribution in [0.1, 0.15) is 33.6 Å². The van der Waals surface area contributed by atoms with Crippen molar-refractivity contribution in [2.24, 2.45) is 17.4 Å². The van der Waals surface area contributed by atoms with Gasteiger partial charge in [0.25, 0.3) is 0 Å². The SMILES string of the molecule is CC(NC(=O)CNC(=O)C(N)C(C)C)C(=O)NC(CCC(N)=O)C(=O)O. The Balaban J connectivity index is 4.46. The number of nitrogens with one attached hydrogen (secondary N) is 3. The largest absolute Gasteiger partial charge is 0.480 e. The second-order valence-corrected chi connectivity index (χ2v) is 6.18. The molecule has 0 aliphatic heterocycles. The monoisotopic (exact) mass is 373 g/mol. The van der Waals surface area contributed by atoms with Crippen LogP contribution in [0.25, 0.3) is 0 Å². The van der Waals surface area contributed by atoms with Gasteiger partial charge in [-0.15, -0.1) is 0 Å². The molecule has 0 rings (SSSR count). The predicted molar refractivity (Wildman–Crippen MR) is 91.4 cm³/mol. The van der Waals surface area contributed by atoms with Gasteiger partial charge in [0.1, 0.15) is 12.1 Å². The number of primary amides is 1. The number of rotatable bonds is 11. The van der Waals surface area contributed by atoms with E-state index in [1.807, 2.05) is 0 Å². The number of carboxylic acid groups (broad SMARTS) is 1. The van der Waals surface area contributed by atoms with Crippen molar-refractivity contribution in [2.75, 3.05) is 6.54 Å². The summed E-state index contributed by atoms with van der Waals surface area (Å²) < 4.78 is 0. The summed E-state index contributed by atoms with van der Waals surface area (Å²) >= 11 is 0. The number of hydrogen-bond acceptors (Lipinski definition) is 6. The van der Waals surface area contributed by atoms with Gasteiger partial charge in [0.2, 0.25) is 23.6 Å². The molecule has 0 bridgehead atoms. The molecule has 8 N–H and O–H groups in total. The fourth-order valence-corrected chi connectivity index (χ4v) is 1.79. The van der Waals surface area contributed by atoms with E-state index in [1.165, 1.54) is 6.92 Å². The van der Waals surface area contributed by atoms with Crippen LogP contribution in [0.4, 0.5) is 0 Å². The van der Waals surface area contributed by atoms with Crippen LogP contribution in [0.5, 0.6) is 0 Å². The summed E-state index contributed by atoms with van der Waals surface area (Å²) in [5.74, 6) is -4.00. The fourth-order valence-electron chi connectivity index (χ4n) is 1.79. The summed E-state index contributed by atoms with van der Waals surface area (Å²) in [6.45, 7) is 4.49. The van der Waals surface area contributed by atoms with E-state index in [9.17, 15) is 24.0 Å². The molecule has 0 aliphatic carbocycles. The summed E-state index contributed by atoms with van der Waals surface area (Å²) in [4.78, 5) is 57.2. The highest BCUT2D eigenvalue weighted by molar-refractivity contribution is 5.92. The molecule has 11 nitrogen and oxygen atoms in total. The quantitative estimate of drug-likeness (QED) is 0.229. The zero-order chi connectivity index (χ0) is 20.4. The van der Waals surface area contributed by atoms with Gasteiger partial charge in [-0.2, -0.15) is 0 Å². The van der Waals surface area contributed by atoms with E-state index in [1.54, 1.807) is 13.8 Å². The second kappa shape index (κ2) is 11.0. The molecule has 0 aliphatic rings. The lowest BCUT2D eigenvalue weighted by molar-refractivity contribution is -0.142. The lowest BCUT2D eigenvalue weighted by atomic mass is 10.1. The van der Waals surface area contributed by atoms with Crippen LogP contribution in [-0.2, 0) is 24.0 Å². The molecule has 3 atom stereocenters. The van der Waals surface area contributed by atoms with Crippen molar-refractivity contribution >= 4 is 29.6 Å². The summed E-state index contributed by atoms with van der Waals surface area (Å²) in [7, 11) is 0. The summed E-state index contributed by atoms with van der Waals surface area (Å²) in [5.41, 5.74) is 10.6. The van der Waals surface area contributed by atoms with E-state index in [2.05, 4.69) is 16.0 Å². The molecule has 148 valence electrons. The van der Waals surface area contributed by atoms with E-state index in [0.717, 1.165) is 0 Å². The van der Waals surface area contributed by atoms with Crippen molar-refractivity contribution in [3.8, 4) is 0 Å². The first-order chi connectivity index (χ1) is 12.0. The van der Waals surface area contributed by atoms with Crippen molar-refractivity contribution in [1.82, 2.24) is 16.0 Å². The molecule has 26 heavy (non-hydrogen) atoms. The molecule has 4 amide bonds. The number of aliphatic carboxylic acids is 1. The van der Waals surface area contributed by atoms with Gasteiger partial charge < -0.3 is 32.5 Å². The van der Waals surface area contributed by atoms with Crippen LogP contribution in [0.2, 0.25) is 0 Å². The maximum atomic E-state index is 12.0. The second-order valence-electron chi connectivity index (χ2n) is 6.18. The van der Waals surface area contributed by atoms with Crippen molar-refractivity contribution in [1.29, 1.82) is 0 Å². The molecule has 0 aromatic carbocycles. The first-order valence-corrected chi connectivity index (χ1v) is 8.09. The topological polar surface area (TPSA) is 194 Å². The molecule has 0 saturated heterocycles. The Morgan fingerprint density at radius 1 is 1.00 bits per heavy atom. The van der Waals surface area contributed by atoms with Crippen molar-refractivity contribution in [2.45, 2.75) is 51.7 Å². The molecule has 11 heteroatoms. The van der Waals surface area contributed by atoms with Crippen LogP contribution in [0, 0.1) is 5.92 Å². The molecule has 0 spiro atoms. The van der Waals surface area contributed by atoms with Crippen molar-refractivity contribution in [3.63, 3.8) is 0 Å². The Morgan fingerprint density at radius 2 is 1.58 bits per heavy atom. The lowest BCUT2D eigenvalue weighted by Gasteiger charge is -2.19. The smallest absolute Gasteiger partial charge is 0.326 e. The van der Waals surface area contributed by atoms with Crippen molar-refractivity contribution < 1.29 is 29.1 Å². The number of carbonyl (C=O) groups is 5. The minimum atomic E-state index is -1.33. The molecular weight excluding hydrogens is 346 g/mol. The first-order valence-electron chi connectivity index (χ1n) is 8.09. The standard InChI is InChI=1S/C15H27N5O6/c1-7(2)12(17)14(24)18-6-11(22)19-8(3)13(23)20-9(15(25)26)4-5-10(16)21/h7-9,12H,4-6,17H2,1-3H3,(H2,16,21)(H,18,24)(H,19,22)(H,20,23)(H,25,26). The number of amides is 4. The number of hydrogen-bond donors (Lipinski definition) is 6. The van der Waals surface area contributed by atoms with Crippen LogP contribution in [-0.4, -0.2) is 59.4 Å². The van der Waals surface area contributed by atoms with Gasteiger partial charge in [0.15, 0.2) is 0 Å². The molecule has 0 aromatic rings. The van der Waals surface area contributed by atoms with Crippen LogP contribution in [0.3, 0.4) is 0 Å². The third kappa shape index (κ3) is 8.97. The Morgan fingerprint density at radius 3 is 2.04 bits per heavy atom. The van der Waals surface area contributed by atoms with E-state index in [0.29, 0.717) is 0 Å². The Hall–Kier alpha value is -2.69. The lowest BCUT2D eigenvalue weighted by Crippen LogP contribution is -2.53. The van der Waals surface area contributed by atoms with Gasteiger partial charge in [-0.25, -0.2) is 4.79 Å². The maximum absolute atomic E-state index is 12.0. The third-order valence-electron chi connectivity index (χ3n) is 3.51. The van der Waals surface area contributed by atoms with Gasteiger partial charge >= 0.3 is 5.97 Å². The Labute approximate surface area is 151 Å². The van der Waals surface area contributed by atoms with Gasteiger partial charge in [-0.3, -0.25) is 19.2 Å². The minimum absolute atomic E-state index is 0.101. The first kappa shape index (κ1) is 23.3. The minimum Gasteiger partial charge on any atom is -0.480 e. The fraction of sp³-hybridized carbons (Fsp3) is 0.667. The van der Waals surface area contributed by atoms with Gasteiger partial charge in [0.05, 0.1) is 12.6 Å². The maximum Gasteiger partial charge on any atom is 0.326 e. The predicted octanol–water partition coefficient (Wildman–Crippen LogP) is -2.57. The number of carboxylic acids is 1. The summed E-state index contributed by atoms with van der Waals surface area (Å²) in [5, 5.41) is 15.9. The van der Waals surface area contributed by atoms with Gasteiger partial charge in [-0.1, -0.05) is 13.8 Å². The van der Waals surface area contributed by atoms with Crippen molar-refractivity contribution in [3.05, 3.63) is 0 Å². The molecule has 0 aromatic heterocycles. The highest BCUT2D eigenvalue weighted by atomic mass is 16.4. The highest BCUT2D eigenvalue weighted by Crippen LogP contribution is 1.99. The van der Waals surface area contributed by atoms with E-state index in [-0.39, 0.29) is 25.3 Å². The van der Waals surface area contributed by atoms with E-state index < -0.39 is 47.7 Å². The normalized spacial score (nSPS) is 14.0.